The van der Waals surface area contributed by atoms with Gasteiger partial charge in [0.2, 0.25) is 0 Å². The summed E-state index contributed by atoms with van der Waals surface area (Å²) in [6.07, 6.45) is 0.625. The highest BCUT2D eigenvalue weighted by Gasteiger charge is 2.26. The third-order valence-electron chi connectivity index (χ3n) is 3.48. The van der Waals surface area contributed by atoms with Gasteiger partial charge < -0.3 is 15.7 Å². The number of benzene rings is 1. The molecule has 3 atom stereocenters. The lowest BCUT2D eigenvalue weighted by molar-refractivity contribution is -0.140. The Labute approximate surface area is 123 Å². The highest BCUT2D eigenvalue weighted by atomic mass is 19.1. The Balaban J connectivity index is 2.68. The van der Waals surface area contributed by atoms with Crippen molar-refractivity contribution >= 4 is 12.0 Å². The molecule has 0 radical (unpaired) electrons. The van der Waals surface area contributed by atoms with Gasteiger partial charge in [-0.05, 0) is 18.9 Å². The minimum atomic E-state index is -1.09. The summed E-state index contributed by atoms with van der Waals surface area (Å²) in [7, 11) is 0. The Morgan fingerprint density at radius 3 is 2.38 bits per heavy atom. The van der Waals surface area contributed by atoms with Crippen molar-refractivity contribution < 1.29 is 19.1 Å². The normalized spacial score (nSPS) is 14.9. The summed E-state index contributed by atoms with van der Waals surface area (Å²) in [5, 5.41) is 14.1. The van der Waals surface area contributed by atoms with E-state index in [1.165, 1.54) is 6.07 Å². The number of halogens is 1. The molecular formula is C15H21FN2O3. The van der Waals surface area contributed by atoms with Crippen LogP contribution in [0.4, 0.5) is 9.18 Å². The number of rotatable bonds is 6. The molecule has 0 aliphatic carbocycles. The minimum absolute atomic E-state index is 0.197. The number of carboxylic acid groups (broad SMARTS) is 1. The highest BCUT2D eigenvalue weighted by molar-refractivity contribution is 5.82. The van der Waals surface area contributed by atoms with Crippen molar-refractivity contribution in [3.05, 3.63) is 35.6 Å². The number of carbonyl (C=O) groups excluding carboxylic acids is 1. The molecule has 3 unspecified atom stereocenters. The fraction of sp³-hybridized carbons (Fsp3) is 0.467. The third-order valence-corrected chi connectivity index (χ3v) is 3.48. The first-order valence-electron chi connectivity index (χ1n) is 6.91. The van der Waals surface area contributed by atoms with Crippen molar-refractivity contribution in [2.75, 3.05) is 0 Å². The van der Waals surface area contributed by atoms with Crippen LogP contribution in [0.15, 0.2) is 24.3 Å². The lowest BCUT2D eigenvalue weighted by atomic mass is 9.99. The summed E-state index contributed by atoms with van der Waals surface area (Å²) in [5.74, 6) is -1.70. The quantitative estimate of drug-likeness (QED) is 0.755. The molecule has 0 fully saturated rings. The van der Waals surface area contributed by atoms with Gasteiger partial charge >= 0.3 is 12.0 Å². The largest absolute Gasteiger partial charge is 0.480 e. The predicted molar refractivity (Wildman–Crippen MR) is 77.4 cm³/mol. The predicted octanol–water partition coefficient (Wildman–Crippen LogP) is 2.69. The molecule has 0 saturated heterocycles. The van der Waals surface area contributed by atoms with E-state index in [1.54, 1.807) is 32.0 Å². The van der Waals surface area contributed by atoms with Crippen molar-refractivity contribution in [3.63, 3.8) is 0 Å². The average molecular weight is 296 g/mol. The number of carbonyl (C=O) groups is 2. The van der Waals surface area contributed by atoms with Crippen LogP contribution < -0.4 is 10.6 Å². The molecule has 1 aromatic carbocycles. The molecule has 0 aromatic heterocycles. The van der Waals surface area contributed by atoms with E-state index < -0.39 is 29.9 Å². The number of hydrogen-bond donors (Lipinski definition) is 3. The smallest absolute Gasteiger partial charge is 0.326 e. The molecule has 0 spiro atoms. The van der Waals surface area contributed by atoms with E-state index >= 15 is 0 Å². The van der Waals surface area contributed by atoms with E-state index in [4.69, 9.17) is 5.11 Å². The molecule has 2 amide bonds. The van der Waals surface area contributed by atoms with Crippen molar-refractivity contribution in [3.8, 4) is 0 Å². The first kappa shape index (κ1) is 16.9. The molecule has 1 aromatic rings. The van der Waals surface area contributed by atoms with Gasteiger partial charge in [0.05, 0.1) is 6.04 Å². The first-order chi connectivity index (χ1) is 9.86. The van der Waals surface area contributed by atoms with Gasteiger partial charge in [-0.2, -0.15) is 0 Å². The standard InChI is InChI=1S/C15H21FN2O3/c1-4-9(2)13(14(19)20)18-15(21)17-10(3)11-7-5-6-8-12(11)16/h5-10,13H,4H2,1-3H3,(H,19,20)(H2,17,18,21). The van der Waals surface area contributed by atoms with Crippen LogP contribution in [-0.4, -0.2) is 23.1 Å². The Kier molecular flexibility index (Phi) is 6.14. The summed E-state index contributed by atoms with van der Waals surface area (Å²) < 4.78 is 13.6. The Bertz CT molecular complexity index is 507. The summed E-state index contributed by atoms with van der Waals surface area (Å²) in [6.45, 7) is 5.23. The van der Waals surface area contributed by atoms with Crippen molar-refractivity contribution in [2.24, 2.45) is 5.92 Å². The molecule has 0 aliphatic heterocycles. The zero-order chi connectivity index (χ0) is 16.0. The highest BCUT2D eigenvalue weighted by Crippen LogP contribution is 2.16. The van der Waals surface area contributed by atoms with Crippen LogP contribution in [0.5, 0.6) is 0 Å². The molecule has 5 nitrogen and oxygen atoms in total. The molecule has 0 saturated carbocycles. The van der Waals surface area contributed by atoms with Crippen molar-refractivity contribution in [2.45, 2.75) is 39.3 Å². The van der Waals surface area contributed by atoms with Gasteiger partial charge in [0.1, 0.15) is 11.9 Å². The Hall–Kier alpha value is -2.11. The number of amides is 2. The summed E-state index contributed by atoms with van der Waals surface area (Å²) >= 11 is 0. The average Bonchev–Trinajstić information content (AvgIpc) is 2.44. The Morgan fingerprint density at radius 1 is 1.24 bits per heavy atom. The van der Waals surface area contributed by atoms with Gasteiger partial charge in [0, 0.05) is 5.56 Å². The second-order valence-electron chi connectivity index (χ2n) is 5.06. The molecule has 0 aliphatic rings. The number of hydrogen-bond acceptors (Lipinski definition) is 2. The van der Waals surface area contributed by atoms with Crippen LogP contribution in [0.25, 0.3) is 0 Å². The van der Waals surface area contributed by atoms with E-state index in [0.717, 1.165) is 0 Å². The van der Waals surface area contributed by atoms with E-state index in [2.05, 4.69) is 10.6 Å². The van der Waals surface area contributed by atoms with E-state index in [-0.39, 0.29) is 5.92 Å². The molecule has 1 rings (SSSR count). The maximum atomic E-state index is 13.6. The van der Waals surface area contributed by atoms with Crippen LogP contribution in [0.1, 0.15) is 38.8 Å². The lowest BCUT2D eigenvalue weighted by Gasteiger charge is -2.22. The summed E-state index contributed by atoms with van der Waals surface area (Å²) in [6, 6.07) is 3.97. The topological polar surface area (TPSA) is 78.4 Å². The van der Waals surface area contributed by atoms with E-state index in [9.17, 15) is 14.0 Å². The second kappa shape index (κ2) is 7.61. The van der Waals surface area contributed by atoms with Gasteiger partial charge in [-0.25, -0.2) is 14.0 Å². The lowest BCUT2D eigenvalue weighted by Crippen LogP contribution is -2.49. The zero-order valence-corrected chi connectivity index (χ0v) is 12.4. The Morgan fingerprint density at radius 2 is 1.86 bits per heavy atom. The fourth-order valence-electron chi connectivity index (χ4n) is 1.97. The van der Waals surface area contributed by atoms with Crippen LogP contribution in [0.3, 0.4) is 0 Å². The van der Waals surface area contributed by atoms with Crippen molar-refractivity contribution in [1.82, 2.24) is 10.6 Å². The molecule has 116 valence electrons. The zero-order valence-electron chi connectivity index (χ0n) is 12.4. The third kappa shape index (κ3) is 4.73. The second-order valence-corrected chi connectivity index (χ2v) is 5.06. The van der Waals surface area contributed by atoms with Gasteiger partial charge in [-0.1, -0.05) is 38.5 Å². The number of urea groups is 1. The van der Waals surface area contributed by atoms with Gasteiger partial charge in [-0.3, -0.25) is 0 Å². The van der Waals surface area contributed by atoms with E-state index in [0.29, 0.717) is 12.0 Å². The molecule has 21 heavy (non-hydrogen) atoms. The molecule has 6 heteroatoms. The van der Waals surface area contributed by atoms with Gasteiger partial charge in [-0.15, -0.1) is 0 Å². The molecular weight excluding hydrogens is 275 g/mol. The first-order valence-corrected chi connectivity index (χ1v) is 6.91. The monoisotopic (exact) mass is 296 g/mol. The van der Waals surface area contributed by atoms with Crippen LogP contribution in [0.2, 0.25) is 0 Å². The van der Waals surface area contributed by atoms with Crippen LogP contribution in [0, 0.1) is 11.7 Å². The van der Waals surface area contributed by atoms with Crippen molar-refractivity contribution in [1.29, 1.82) is 0 Å². The number of nitrogens with one attached hydrogen (secondary N) is 2. The fourth-order valence-corrected chi connectivity index (χ4v) is 1.97. The van der Waals surface area contributed by atoms with Crippen LogP contribution >= 0.6 is 0 Å². The van der Waals surface area contributed by atoms with Gasteiger partial charge in [0.25, 0.3) is 0 Å². The summed E-state index contributed by atoms with van der Waals surface area (Å²) in [4.78, 5) is 23.0. The number of aliphatic carboxylic acids is 1. The van der Waals surface area contributed by atoms with E-state index in [1.807, 2.05) is 6.92 Å². The molecule has 0 bridgehead atoms. The number of carboxylic acids is 1. The maximum Gasteiger partial charge on any atom is 0.326 e. The summed E-state index contributed by atoms with van der Waals surface area (Å²) in [5.41, 5.74) is 0.350. The molecule has 0 heterocycles. The SMILES string of the molecule is CCC(C)C(NC(=O)NC(C)c1ccccc1F)C(=O)O. The maximum absolute atomic E-state index is 13.6. The minimum Gasteiger partial charge on any atom is -0.480 e. The van der Waals surface area contributed by atoms with Gasteiger partial charge in [0.15, 0.2) is 0 Å². The van der Waals surface area contributed by atoms with Crippen LogP contribution in [-0.2, 0) is 4.79 Å². The molecule has 3 N–H and O–H groups in total.